The maximum atomic E-state index is 14.7. The average molecular weight is 1040 g/mol. The molecule has 2 aliphatic rings. The summed E-state index contributed by atoms with van der Waals surface area (Å²) in [5.74, 6) is -5.38. The van der Waals surface area contributed by atoms with Crippen molar-refractivity contribution < 1.29 is 57.7 Å². The topological polar surface area (TPSA) is 308 Å². The van der Waals surface area contributed by atoms with Gasteiger partial charge in [0, 0.05) is 46.5 Å². The van der Waals surface area contributed by atoms with Crippen LogP contribution in [0.1, 0.15) is 104 Å². The highest BCUT2D eigenvalue weighted by molar-refractivity contribution is 5.95. The van der Waals surface area contributed by atoms with Gasteiger partial charge in [-0.25, -0.2) is 9.59 Å². The fraction of sp³-hybridized carbons (Fsp3) is 0.623. The lowest BCUT2D eigenvalue weighted by Gasteiger charge is -2.41. The molecule has 0 bridgehead atoms. The first-order chi connectivity index (χ1) is 35.0. The lowest BCUT2D eigenvalue weighted by Crippen LogP contribution is -2.62. The molecule has 0 saturated carbocycles. The number of nitrogens with two attached hydrogens (primary N) is 3. The number of primary amides is 1. The van der Waals surface area contributed by atoms with E-state index in [1.165, 1.54) is 19.1 Å². The van der Waals surface area contributed by atoms with Gasteiger partial charge >= 0.3 is 12.1 Å². The van der Waals surface area contributed by atoms with E-state index in [0.717, 1.165) is 5.56 Å². The molecule has 21 heteroatoms. The molecule has 74 heavy (non-hydrogen) atoms. The summed E-state index contributed by atoms with van der Waals surface area (Å²) in [7, 11) is 4.60. The molecule has 0 aliphatic carbocycles. The van der Waals surface area contributed by atoms with Crippen molar-refractivity contribution in [2.45, 2.75) is 160 Å². The van der Waals surface area contributed by atoms with Crippen molar-refractivity contribution in [3.8, 4) is 0 Å². The fourth-order valence-corrected chi connectivity index (χ4v) is 9.96. The molecule has 2 aliphatic heterocycles. The van der Waals surface area contributed by atoms with E-state index in [0.29, 0.717) is 49.9 Å². The van der Waals surface area contributed by atoms with E-state index in [4.69, 9.17) is 31.4 Å². The second kappa shape index (κ2) is 27.9. The minimum Gasteiger partial charge on any atom is -0.480 e. The first-order valence-corrected chi connectivity index (χ1v) is 25.6. The van der Waals surface area contributed by atoms with Crippen LogP contribution in [0.2, 0.25) is 0 Å². The van der Waals surface area contributed by atoms with Gasteiger partial charge in [0.2, 0.25) is 35.4 Å². The highest BCUT2D eigenvalue weighted by Gasteiger charge is 2.49. The van der Waals surface area contributed by atoms with Gasteiger partial charge in [-0.3, -0.25) is 33.7 Å². The zero-order valence-corrected chi connectivity index (χ0v) is 44.5. The van der Waals surface area contributed by atoms with Gasteiger partial charge in [-0.05, 0) is 80.5 Å². The van der Waals surface area contributed by atoms with Crippen LogP contribution in [0.25, 0.3) is 0 Å². The molecule has 410 valence electrons. The van der Waals surface area contributed by atoms with Crippen LogP contribution in [-0.2, 0) is 60.8 Å². The number of nitrogens with one attached hydrogen (secondary N) is 3. The average Bonchev–Trinajstić information content (AvgIpc) is 4.04. The van der Waals surface area contributed by atoms with E-state index in [1.54, 1.807) is 79.2 Å². The van der Waals surface area contributed by atoms with Gasteiger partial charge in [-0.15, -0.1) is 0 Å². The molecule has 2 aromatic rings. The molecule has 11 atom stereocenters. The predicted molar refractivity (Wildman–Crippen MR) is 277 cm³/mol. The van der Waals surface area contributed by atoms with Gasteiger partial charge in [0.15, 0.2) is 0 Å². The maximum Gasteiger partial charge on any atom is 0.410 e. The number of carbonyl (C=O) groups excluding carboxylic acids is 7. The zero-order chi connectivity index (χ0) is 55.0. The standard InChI is InChI=1S/C53H81N9O12/c1-10-32(4)44(41(72-8)29-42(63)61-26-14-18-40(61)45(73-9)33(5)47(65)58-39(50(68)69)28-34-16-12-11-13-17-34)60(7)49(67)43(31(2)3)59-51(70)53(6)25-15-27-62(53)52(71)74-30-35-19-21-36(22-20-35)57-48(66)38(55)24-23-37(54)46(56)64/h11-13,16-17,19-22,31-33,37-41,43-45H,10,14-15,18,23-30,54-55H2,1-9H3,(H2,56,64)(H,57,66)(H,58,65)(H,59,70)(H,68,69)/t32-,33+,37?,38-,39-,40-,41+,43-,44-,45+,53-/m0/s1. The molecule has 7 amide bonds. The summed E-state index contributed by atoms with van der Waals surface area (Å²) in [5.41, 5.74) is 17.2. The fourth-order valence-electron chi connectivity index (χ4n) is 9.96. The molecule has 2 heterocycles. The van der Waals surface area contributed by atoms with Crippen LogP contribution < -0.4 is 33.2 Å². The van der Waals surface area contributed by atoms with Gasteiger partial charge in [-0.2, -0.15) is 0 Å². The number of nitrogens with zero attached hydrogens (tertiary/aromatic N) is 3. The smallest absolute Gasteiger partial charge is 0.410 e. The number of amides is 7. The van der Waals surface area contributed by atoms with Crippen molar-refractivity contribution >= 4 is 53.2 Å². The Morgan fingerprint density at radius 2 is 1.50 bits per heavy atom. The van der Waals surface area contributed by atoms with Gasteiger partial charge in [0.05, 0.1) is 48.7 Å². The second-order valence-corrected chi connectivity index (χ2v) is 20.3. The molecule has 0 aromatic heterocycles. The summed E-state index contributed by atoms with van der Waals surface area (Å²) in [6, 6.07) is 10.5. The molecule has 1 unspecified atom stereocenters. The predicted octanol–water partition coefficient (Wildman–Crippen LogP) is 2.91. The van der Waals surface area contributed by atoms with E-state index < -0.39 is 102 Å². The van der Waals surface area contributed by atoms with Gasteiger partial charge < -0.3 is 62.3 Å². The lowest BCUT2D eigenvalue weighted by atomic mass is 9.89. The molecule has 2 aromatic carbocycles. The van der Waals surface area contributed by atoms with Gasteiger partial charge in [0.1, 0.15) is 24.2 Å². The lowest BCUT2D eigenvalue weighted by molar-refractivity contribution is -0.148. The molecular formula is C53H81N9O12. The highest BCUT2D eigenvalue weighted by atomic mass is 16.6. The summed E-state index contributed by atoms with van der Waals surface area (Å²) >= 11 is 0. The summed E-state index contributed by atoms with van der Waals surface area (Å²) < 4.78 is 17.6. The van der Waals surface area contributed by atoms with Crippen LogP contribution in [0.4, 0.5) is 10.5 Å². The third kappa shape index (κ3) is 15.7. The van der Waals surface area contributed by atoms with E-state index >= 15 is 0 Å². The number of hydrogen-bond donors (Lipinski definition) is 7. The molecular weight excluding hydrogens is 955 g/mol. The Morgan fingerprint density at radius 1 is 0.851 bits per heavy atom. The Morgan fingerprint density at radius 3 is 2.08 bits per heavy atom. The Bertz CT molecular complexity index is 2240. The minimum absolute atomic E-state index is 0.0930. The van der Waals surface area contributed by atoms with E-state index in [2.05, 4.69) is 16.0 Å². The minimum atomic E-state index is -1.35. The number of carbonyl (C=O) groups is 8. The van der Waals surface area contributed by atoms with Crippen LogP contribution >= 0.6 is 0 Å². The normalized spacial score (nSPS) is 20.2. The number of aliphatic carboxylic acids is 1. The molecule has 4 rings (SSSR count). The molecule has 2 saturated heterocycles. The van der Waals surface area contributed by atoms with Gasteiger partial charge in [-0.1, -0.05) is 83.5 Å². The van der Waals surface area contributed by atoms with E-state index in [1.807, 2.05) is 33.8 Å². The maximum absolute atomic E-state index is 14.7. The Labute approximate surface area is 435 Å². The zero-order valence-electron chi connectivity index (χ0n) is 44.5. The quantitative estimate of drug-likeness (QED) is 0.0677. The highest BCUT2D eigenvalue weighted by Crippen LogP contribution is 2.32. The Balaban J connectivity index is 1.40. The number of anilines is 1. The monoisotopic (exact) mass is 1040 g/mol. The van der Waals surface area contributed by atoms with Crippen LogP contribution in [0.5, 0.6) is 0 Å². The van der Waals surface area contributed by atoms with Crippen molar-refractivity contribution in [1.29, 1.82) is 0 Å². The van der Waals surface area contributed by atoms with E-state index in [-0.39, 0.29) is 56.6 Å². The number of hydrogen-bond acceptors (Lipinski definition) is 13. The molecule has 21 nitrogen and oxygen atoms in total. The van der Waals surface area contributed by atoms with Crippen molar-refractivity contribution in [3.05, 3.63) is 65.7 Å². The molecule has 0 spiro atoms. The molecule has 2 fully saturated rings. The Kier molecular flexibility index (Phi) is 22.8. The first-order valence-electron chi connectivity index (χ1n) is 25.6. The van der Waals surface area contributed by atoms with Crippen LogP contribution in [0.15, 0.2) is 54.6 Å². The van der Waals surface area contributed by atoms with Gasteiger partial charge in [0.25, 0.3) is 0 Å². The number of rotatable bonds is 27. The third-order valence-corrected chi connectivity index (χ3v) is 14.8. The summed E-state index contributed by atoms with van der Waals surface area (Å²) in [6.45, 7) is 11.4. The number of benzene rings is 2. The number of carboxylic acids is 1. The summed E-state index contributed by atoms with van der Waals surface area (Å²) in [6.07, 6.45) is 0.720. The largest absolute Gasteiger partial charge is 0.480 e. The summed E-state index contributed by atoms with van der Waals surface area (Å²) in [4.78, 5) is 111. The molecule has 10 N–H and O–H groups in total. The van der Waals surface area contributed by atoms with E-state index in [9.17, 15) is 43.5 Å². The second-order valence-electron chi connectivity index (χ2n) is 20.3. The van der Waals surface area contributed by atoms with Crippen molar-refractivity contribution in [2.75, 3.05) is 39.7 Å². The number of likely N-dealkylation sites (N-methyl/N-ethyl adjacent to an activating group) is 1. The van der Waals surface area contributed by atoms with Crippen molar-refractivity contribution in [1.82, 2.24) is 25.3 Å². The van der Waals surface area contributed by atoms with Crippen molar-refractivity contribution in [2.24, 2.45) is 35.0 Å². The first kappa shape index (κ1) is 60.4. The van der Waals surface area contributed by atoms with Crippen LogP contribution in [-0.4, -0.2) is 156 Å². The van der Waals surface area contributed by atoms with Crippen LogP contribution in [0.3, 0.4) is 0 Å². The SMILES string of the molecule is CC[C@H](C)[C@@H]([C@@H](CC(=O)N1CCC[C@H]1[C@H](OC)[C@@H](C)C(=O)N[C@@H](Cc1ccccc1)C(=O)O)OC)N(C)C(=O)[C@@H](NC(=O)[C@]1(C)CCCN1C(=O)OCc1ccc(NC(=O)[C@@H](N)CCC(N)C(N)=O)cc1)C(C)C. The van der Waals surface area contributed by atoms with Crippen molar-refractivity contribution in [3.63, 3.8) is 0 Å². The number of methoxy groups -OCH3 is 2. The number of carboxylic acid groups (broad SMARTS) is 1. The Hall–Kier alpha value is -6.16. The summed E-state index contributed by atoms with van der Waals surface area (Å²) in [5, 5.41) is 18.3. The third-order valence-electron chi connectivity index (χ3n) is 14.8. The molecule has 0 radical (unpaired) electrons. The van der Waals surface area contributed by atoms with Crippen LogP contribution in [0, 0.1) is 17.8 Å². The number of likely N-dealkylation sites (tertiary alicyclic amines) is 2. The number of ether oxygens (including phenoxy) is 3.